The minimum absolute atomic E-state index is 0.221. The molecule has 128 valence electrons. The van der Waals surface area contributed by atoms with Crippen molar-refractivity contribution in [2.75, 3.05) is 10.6 Å². The van der Waals surface area contributed by atoms with E-state index in [1.165, 1.54) is 0 Å². The van der Waals surface area contributed by atoms with Gasteiger partial charge in [-0.2, -0.15) is 0 Å². The zero-order chi connectivity index (χ0) is 17.7. The van der Waals surface area contributed by atoms with Crippen LogP contribution in [0.5, 0.6) is 0 Å². The maximum Gasteiger partial charge on any atom is 0.274 e. The molecule has 0 saturated heterocycles. The predicted molar refractivity (Wildman–Crippen MR) is 98.6 cm³/mol. The van der Waals surface area contributed by atoms with E-state index in [0.717, 1.165) is 23.2 Å². The largest absolute Gasteiger partial charge is 0.352 e. The van der Waals surface area contributed by atoms with E-state index in [2.05, 4.69) is 48.3 Å². The summed E-state index contributed by atoms with van der Waals surface area (Å²) in [5.74, 6) is 0.583. The Kier molecular flexibility index (Phi) is 5.90. The molecule has 0 saturated carbocycles. The molecule has 1 aromatic heterocycles. The first-order chi connectivity index (χ1) is 11.4. The first-order valence-corrected chi connectivity index (χ1v) is 8.42. The summed E-state index contributed by atoms with van der Waals surface area (Å²) in [6.45, 7) is 10.4. The van der Waals surface area contributed by atoms with Gasteiger partial charge in [-0.25, -0.2) is 9.97 Å². The van der Waals surface area contributed by atoms with Crippen LogP contribution in [0.1, 0.15) is 61.6 Å². The topological polar surface area (TPSA) is 66.9 Å². The first-order valence-electron chi connectivity index (χ1n) is 8.42. The summed E-state index contributed by atoms with van der Waals surface area (Å²) in [4.78, 5) is 21.1. The number of nitrogens with one attached hydrogen (secondary N) is 2. The van der Waals surface area contributed by atoms with E-state index >= 15 is 0 Å². The third kappa shape index (κ3) is 4.31. The van der Waals surface area contributed by atoms with Crippen LogP contribution in [0.4, 0.5) is 11.6 Å². The number of rotatable bonds is 6. The molecule has 24 heavy (non-hydrogen) atoms. The average molecular weight is 326 g/mol. The summed E-state index contributed by atoms with van der Waals surface area (Å²) in [7, 11) is 0. The second-order valence-electron chi connectivity index (χ2n) is 6.37. The molecule has 1 aromatic carbocycles. The summed E-state index contributed by atoms with van der Waals surface area (Å²) in [6, 6.07) is 7.94. The van der Waals surface area contributed by atoms with Gasteiger partial charge >= 0.3 is 0 Å². The van der Waals surface area contributed by atoms with Gasteiger partial charge in [-0.3, -0.25) is 4.79 Å². The van der Waals surface area contributed by atoms with Crippen LogP contribution in [0.3, 0.4) is 0 Å². The van der Waals surface area contributed by atoms with Crippen molar-refractivity contribution >= 4 is 17.5 Å². The number of amides is 1. The lowest BCUT2D eigenvalue weighted by atomic mass is 9.98. The minimum Gasteiger partial charge on any atom is -0.352 e. The van der Waals surface area contributed by atoms with E-state index in [1.54, 1.807) is 12.3 Å². The van der Waals surface area contributed by atoms with Crippen molar-refractivity contribution in [2.24, 2.45) is 0 Å². The molecule has 0 bridgehead atoms. The molecule has 2 rings (SSSR count). The zero-order valence-corrected chi connectivity index (χ0v) is 15.1. The normalized spacial score (nSPS) is 12.1. The van der Waals surface area contributed by atoms with Crippen LogP contribution >= 0.6 is 0 Å². The van der Waals surface area contributed by atoms with Crippen molar-refractivity contribution < 1.29 is 4.79 Å². The second-order valence-corrected chi connectivity index (χ2v) is 6.37. The van der Waals surface area contributed by atoms with E-state index in [9.17, 15) is 4.79 Å². The Morgan fingerprint density at radius 2 is 1.96 bits per heavy atom. The van der Waals surface area contributed by atoms with Crippen LogP contribution in [-0.4, -0.2) is 21.9 Å². The SMILES string of the molecule is CCC(C)Nc1nccc(C(=O)Nc2c(C)cccc2C(C)C)n1. The lowest BCUT2D eigenvalue weighted by Crippen LogP contribution is -2.19. The van der Waals surface area contributed by atoms with Crippen LogP contribution in [0.15, 0.2) is 30.5 Å². The van der Waals surface area contributed by atoms with Gasteiger partial charge in [0.25, 0.3) is 5.91 Å². The molecule has 5 heteroatoms. The molecule has 5 nitrogen and oxygen atoms in total. The number of aromatic nitrogens is 2. The van der Waals surface area contributed by atoms with E-state index in [0.29, 0.717) is 17.6 Å². The standard InChI is InChI=1S/C19H26N4O/c1-6-14(5)21-19-20-11-10-16(22-19)18(24)23-17-13(4)8-7-9-15(17)12(2)3/h7-12,14H,6H2,1-5H3,(H,23,24)(H,20,21,22). The van der Waals surface area contributed by atoms with E-state index < -0.39 is 0 Å². The van der Waals surface area contributed by atoms with Gasteiger partial charge in [-0.15, -0.1) is 0 Å². The van der Waals surface area contributed by atoms with Crippen molar-refractivity contribution in [3.8, 4) is 0 Å². The van der Waals surface area contributed by atoms with Gasteiger partial charge in [0.05, 0.1) is 0 Å². The van der Waals surface area contributed by atoms with Crippen LogP contribution in [-0.2, 0) is 0 Å². The number of carbonyl (C=O) groups excluding carboxylic acids is 1. The highest BCUT2D eigenvalue weighted by Crippen LogP contribution is 2.27. The monoisotopic (exact) mass is 326 g/mol. The van der Waals surface area contributed by atoms with Crippen molar-refractivity contribution in [3.05, 3.63) is 47.3 Å². The number of carbonyl (C=O) groups is 1. The smallest absolute Gasteiger partial charge is 0.274 e. The second kappa shape index (κ2) is 7.90. The Bertz CT molecular complexity index is 712. The number of para-hydroxylation sites is 1. The summed E-state index contributed by atoms with van der Waals surface area (Å²) < 4.78 is 0. The van der Waals surface area contributed by atoms with Crippen molar-refractivity contribution in [3.63, 3.8) is 0 Å². The molecule has 1 unspecified atom stereocenters. The quantitative estimate of drug-likeness (QED) is 0.827. The Morgan fingerprint density at radius 1 is 1.21 bits per heavy atom. The highest BCUT2D eigenvalue weighted by Gasteiger charge is 2.15. The Morgan fingerprint density at radius 3 is 2.62 bits per heavy atom. The van der Waals surface area contributed by atoms with Gasteiger partial charge < -0.3 is 10.6 Å². The molecule has 0 aliphatic heterocycles. The fraction of sp³-hybridized carbons (Fsp3) is 0.421. The van der Waals surface area contributed by atoms with Crippen LogP contribution < -0.4 is 10.6 Å². The lowest BCUT2D eigenvalue weighted by molar-refractivity contribution is 0.102. The fourth-order valence-electron chi connectivity index (χ4n) is 2.40. The molecule has 1 heterocycles. The average Bonchev–Trinajstić information content (AvgIpc) is 2.56. The molecule has 0 aliphatic rings. The highest BCUT2D eigenvalue weighted by atomic mass is 16.1. The zero-order valence-electron chi connectivity index (χ0n) is 15.1. The number of benzene rings is 1. The predicted octanol–water partition coefficient (Wildman–Crippen LogP) is 4.37. The molecule has 0 spiro atoms. The summed E-state index contributed by atoms with van der Waals surface area (Å²) in [5.41, 5.74) is 3.39. The van der Waals surface area contributed by atoms with E-state index in [1.807, 2.05) is 25.1 Å². The first kappa shape index (κ1) is 17.9. The van der Waals surface area contributed by atoms with Gasteiger partial charge in [0.15, 0.2) is 0 Å². The van der Waals surface area contributed by atoms with Gasteiger partial charge in [0, 0.05) is 17.9 Å². The maximum absolute atomic E-state index is 12.6. The third-order valence-electron chi connectivity index (χ3n) is 4.04. The molecular formula is C19H26N4O. The van der Waals surface area contributed by atoms with Crippen molar-refractivity contribution in [2.45, 2.75) is 53.0 Å². The minimum atomic E-state index is -0.221. The summed E-state index contributed by atoms with van der Waals surface area (Å²) in [5, 5.41) is 6.20. The number of hydrogen-bond donors (Lipinski definition) is 2. The molecule has 1 amide bonds. The van der Waals surface area contributed by atoms with Crippen LogP contribution in [0.2, 0.25) is 0 Å². The summed E-state index contributed by atoms with van der Waals surface area (Å²) >= 11 is 0. The van der Waals surface area contributed by atoms with E-state index in [-0.39, 0.29) is 11.9 Å². The molecule has 0 fully saturated rings. The molecule has 0 radical (unpaired) electrons. The molecular weight excluding hydrogens is 300 g/mol. The Labute approximate surface area is 143 Å². The number of nitrogens with zero attached hydrogens (tertiary/aromatic N) is 2. The van der Waals surface area contributed by atoms with Crippen LogP contribution in [0.25, 0.3) is 0 Å². The number of hydrogen-bond acceptors (Lipinski definition) is 4. The molecule has 1 atom stereocenters. The maximum atomic E-state index is 12.6. The van der Waals surface area contributed by atoms with Gasteiger partial charge in [-0.05, 0) is 43.4 Å². The highest BCUT2D eigenvalue weighted by molar-refractivity contribution is 6.03. The molecule has 2 aromatic rings. The molecule has 2 N–H and O–H groups in total. The summed E-state index contributed by atoms with van der Waals surface area (Å²) in [6.07, 6.45) is 2.56. The van der Waals surface area contributed by atoms with Crippen molar-refractivity contribution in [1.29, 1.82) is 0 Å². The van der Waals surface area contributed by atoms with Crippen LogP contribution in [0, 0.1) is 6.92 Å². The number of aryl methyl sites for hydroxylation is 1. The lowest BCUT2D eigenvalue weighted by Gasteiger charge is -2.16. The Balaban J connectivity index is 2.23. The van der Waals surface area contributed by atoms with Gasteiger partial charge in [0.1, 0.15) is 5.69 Å². The third-order valence-corrected chi connectivity index (χ3v) is 4.04. The molecule has 0 aliphatic carbocycles. The van der Waals surface area contributed by atoms with Gasteiger partial charge in [-0.1, -0.05) is 39.0 Å². The Hall–Kier alpha value is -2.43. The van der Waals surface area contributed by atoms with E-state index in [4.69, 9.17) is 0 Å². The van der Waals surface area contributed by atoms with Crippen molar-refractivity contribution in [1.82, 2.24) is 9.97 Å². The van der Waals surface area contributed by atoms with Gasteiger partial charge in [0.2, 0.25) is 5.95 Å². The number of anilines is 2. The fourth-order valence-corrected chi connectivity index (χ4v) is 2.40.